The van der Waals surface area contributed by atoms with E-state index < -0.39 is 6.61 Å². The molecule has 2 heterocycles. The number of hydrogen-bond donors (Lipinski definition) is 2. The Labute approximate surface area is 161 Å². The van der Waals surface area contributed by atoms with Gasteiger partial charge in [0.25, 0.3) is 5.56 Å². The molecular formula is C18H15BrF2N4O2. The van der Waals surface area contributed by atoms with Gasteiger partial charge in [-0.25, -0.2) is 0 Å². The number of pyridine rings is 2. The first-order chi connectivity index (χ1) is 12.9. The van der Waals surface area contributed by atoms with Gasteiger partial charge in [0.15, 0.2) is 0 Å². The Hall–Kier alpha value is -2.68. The molecule has 6 nitrogen and oxygen atoms in total. The van der Waals surface area contributed by atoms with Gasteiger partial charge in [-0.1, -0.05) is 0 Å². The van der Waals surface area contributed by atoms with Gasteiger partial charge in [0.1, 0.15) is 15.7 Å². The predicted octanol–water partition coefficient (Wildman–Crippen LogP) is 3.91. The normalized spacial score (nSPS) is 13.9. The maximum atomic E-state index is 12.8. The number of nitrogen functional groups attached to an aromatic ring is 1. The van der Waals surface area contributed by atoms with Crippen LogP contribution < -0.4 is 21.3 Å². The number of nitrogens with zero attached hydrogens (tertiary/aromatic N) is 2. The standard InChI is InChI=1S/C18H15BrF2N4O2/c19-14-15(22)16-13(7-10(8-23-16)24-9-1-2-9)25(17(14)26)11-3-5-12(6-4-11)27-18(20)21/h3-9,18,24H,1-2,22H2. The summed E-state index contributed by atoms with van der Waals surface area (Å²) in [6.45, 7) is -2.91. The minimum Gasteiger partial charge on any atom is -0.435 e. The zero-order chi connectivity index (χ0) is 19.1. The van der Waals surface area contributed by atoms with E-state index in [1.165, 1.54) is 28.8 Å². The average Bonchev–Trinajstić information content (AvgIpc) is 3.45. The van der Waals surface area contributed by atoms with Gasteiger partial charge in [0, 0.05) is 11.7 Å². The van der Waals surface area contributed by atoms with Crippen LogP contribution in [0.4, 0.5) is 20.2 Å². The van der Waals surface area contributed by atoms with Crippen LogP contribution >= 0.6 is 15.9 Å². The maximum Gasteiger partial charge on any atom is 0.387 e. The molecule has 0 aliphatic heterocycles. The fraction of sp³-hybridized carbons (Fsp3) is 0.222. The minimum atomic E-state index is -2.91. The summed E-state index contributed by atoms with van der Waals surface area (Å²) in [6.07, 6.45) is 3.87. The molecule has 0 atom stereocenters. The number of hydrogen-bond acceptors (Lipinski definition) is 5. The lowest BCUT2D eigenvalue weighted by molar-refractivity contribution is -0.0498. The molecule has 0 saturated heterocycles. The van der Waals surface area contributed by atoms with E-state index >= 15 is 0 Å². The molecule has 1 aliphatic carbocycles. The molecule has 0 bridgehead atoms. The second-order valence-corrected chi connectivity index (χ2v) is 7.04. The number of alkyl halides is 2. The average molecular weight is 437 g/mol. The number of halogens is 3. The van der Waals surface area contributed by atoms with Gasteiger partial charge in [-0.05, 0) is 59.1 Å². The molecule has 3 N–H and O–H groups in total. The SMILES string of the molecule is Nc1c(Br)c(=O)n(-c2ccc(OC(F)F)cc2)c2cc(NC3CC3)cnc12. The van der Waals surface area contributed by atoms with Gasteiger partial charge >= 0.3 is 6.61 Å². The molecule has 3 aromatic rings. The number of nitrogens with two attached hydrogens (primary N) is 1. The Bertz CT molecular complexity index is 1070. The minimum absolute atomic E-state index is 0.00910. The van der Waals surface area contributed by atoms with Crippen molar-refractivity contribution >= 4 is 38.3 Å². The van der Waals surface area contributed by atoms with E-state index in [9.17, 15) is 13.6 Å². The summed E-state index contributed by atoms with van der Waals surface area (Å²) in [5, 5.41) is 3.34. The van der Waals surface area contributed by atoms with E-state index in [4.69, 9.17) is 5.73 Å². The highest BCUT2D eigenvalue weighted by molar-refractivity contribution is 9.10. The van der Waals surface area contributed by atoms with E-state index in [1.54, 1.807) is 6.20 Å². The van der Waals surface area contributed by atoms with Gasteiger partial charge < -0.3 is 15.8 Å². The van der Waals surface area contributed by atoms with Crippen LogP contribution in [0.5, 0.6) is 5.75 Å². The van der Waals surface area contributed by atoms with E-state index in [2.05, 4.69) is 31.0 Å². The zero-order valence-electron chi connectivity index (χ0n) is 14.0. The number of anilines is 2. The van der Waals surface area contributed by atoms with Gasteiger partial charge in [-0.2, -0.15) is 8.78 Å². The van der Waals surface area contributed by atoms with Gasteiger partial charge in [0.05, 0.1) is 23.1 Å². The van der Waals surface area contributed by atoms with Crippen LogP contribution in [0.2, 0.25) is 0 Å². The lowest BCUT2D eigenvalue weighted by Gasteiger charge is -2.15. The highest BCUT2D eigenvalue weighted by Gasteiger charge is 2.22. The smallest absolute Gasteiger partial charge is 0.387 e. The summed E-state index contributed by atoms with van der Waals surface area (Å²) >= 11 is 3.23. The van der Waals surface area contributed by atoms with Crippen molar-refractivity contribution in [1.82, 2.24) is 9.55 Å². The summed E-state index contributed by atoms with van der Waals surface area (Å²) < 4.78 is 30.7. The molecule has 1 fully saturated rings. The monoisotopic (exact) mass is 436 g/mol. The summed E-state index contributed by atoms with van der Waals surface area (Å²) in [5.41, 5.74) is 8.21. The number of fused-ring (bicyclic) bond motifs is 1. The summed E-state index contributed by atoms with van der Waals surface area (Å²) in [6, 6.07) is 8.05. The first kappa shape index (κ1) is 17.7. The Morgan fingerprint density at radius 1 is 1.30 bits per heavy atom. The van der Waals surface area contributed by atoms with Gasteiger partial charge in [-0.15, -0.1) is 0 Å². The molecular weight excluding hydrogens is 422 g/mol. The number of rotatable bonds is 5. The molecule has 1 aromatic carbocycles. The topological polar surface area (TPSA) is 82.2 Å². The fourth-order valence-electron chi connectivity index (χ4n) is 2.83. The second-order valence-electron chi connectivity index (χ2n) is 6.25. The molecule has 1 saturated carbocycles. The van der Waals surface area contributed by atoms with E-state index in [0.717, 1.165) is 18.5 Å². The molecule has 0 unspecified atom stereocenters. The van der Waals surface area contributed by atoms with Crippen LogP contribution in [0.3, 0.4) is 0 Å². The molecule has 9 heteroatoms. The number of benzene rings is 1. The van der Waals surface area contributed by atoms with Crippen molar-refractivity contribution in [3.63, 3.8) is 0 Å². The van der Waals surface area contributed by atoms with Crippen molar-refractivity contribution in [2.24, 2.45) is 0 Å². The molecule has 4 rings (SSSR count). The summed E-state index contributed by atoms with van der Waals surface area (Å²) in [7, 11) is 0. The quantitative estimate of drug-likeness (QED) is 0.633. The van der Waals surface area contributed by atoms with Gasteiger partial charge in [0.2, 0.25) is 0 Å². The Morgan fingerprint density at radius 3 is 2.63 bits per heavy atom. The number of aromatic nitrogens is 2. The van der Waals surface area contributed by atoms with Crippen molar-refractivity contribution < 1.29 is 13.5 Å². The van der Waals surface area contributed by atoms with E-state index in [-0.39, 0.29) is 21.5 Å². The number of nitrogens with one attached hydrogen (secondary N) is 1. The van der Waals surface area contributed by atoms with E-state index in [1.807, 2.05) is 6.07 Å². The van der Waals surface area contributed by atoms with Gasteiger partial charge in [-0.3, -0.25) is 14.3 Å². The highest BCUT2D eigenvalue weighted by Crippen LogP contribution is 2.30. The Morgan fingerprint density at radius 2 is 2.00 bits per heavy atom. The molecule has 140 valence electrons. The lowest BCUT2D eigenvalue weighted by Crippen LogP contribution is -2.21. The van der Waals surface area contributed by atoms with Crippen LogP contribution in [-0.4, -0.2) is 22.2 Å². The van der Waals surface area contributed by atoms with Crippen molar-refractivity contribution in [1.29, 1.82) is 0 Å². The first-order valence-corrected chi connectivity index (χ1v) is 9.05. The second kappa shape index (κ2) is 6.80. The van der Waals surface area contributed by atoms with Crippen LogP contribution in [0.15, 0.2) is 45.8 Å². The molecule has 1 aliphatic rings. The summed E-state index contributed by atoms with van der Waals surface area (Å²) in [4.78, 5) is 17.3. The summed E-state index contributed by atoms with van der Waals surface area (Å²) in [5.74, 6) is 0.00910. The molecule has 0 amide bonds. The van der Waals surface area contributed by atoms with Crippen LogP contribution in [0.1, 0.15) is 12.8 Å². The highest BCUT2D eigenvalue weighted by atomic mass is 79.9. The van der Waals surface area contributed by atoms with Crippen molar-refractivity contribution in [3.05, 3.63) is 51.4 Å². The van der Waals surface area contributed by atoms with Crippen molar-refractivity contribution in [2.75, 3.05) is 11.1 Å². The Balaban J connectivity index is 1.88. The van der Waals surface area contributed by atoms with Crippen molar-refractivity contribution in [3.8, 4) is 11.4 Å². The molecule has 27 heavy (non-hydrogen) atoms. The zero-order valence-corrected chi connectivity index (χ0v) is 15.5. The van der Waals surface area contributed by atoms with E-state index in [0.29, 0.717) is 22.8 Å². The van der Waals surface area contributed by atoms with Crippen LogP contribution in [-0.2, 0) is 0 Å². The maximum absolute atomic E-state index is 12.8. The predicted molar refractivity (Wildman–Crippen MR) is 103 cm³/mol. The van der Waals surface area contributed by atoms with Crippen LogP contribution in [0.25, 0.3) is 16.7 Å². The largest absolute Gasteiger partial charge is 0.435 e. The molecule has 0 spiro atoms. The van der Waals surface area contributed by atoms with Crippen molar-refractivity contribution in [2.45, 2.75) is 25.5 Å². The first-order valence-electron chi connectivity index (χ1n) is 8.25. The third-order valence-electron chi connectivity index (χ3n) is 4.26. The third-order valence-corrected chi connectivity index (χ3v) is 5.03. The number of ether oxygens (including phenoxy) is 1. The van der Waals surface area contributed by atoms with Crippen LogP contribution in [0, 0.1) is 0 Å². The fourth-order valence-corrected chi connectivity index (χ4v) is 3.20. The molecule has 0 radical (unpaired) electrons. The lowest BCUT2D eigenvalue weighted by atomic mass is 10.2. The molecule has 2 aromatic heterocycles. The third kappa shape index (κ3) is 3.46. The Kier molecular flexibility index (Phi) is 4.47.